The molecule has 17 heavy (non-hydrogen) atoms. The third kappa shape index (κ3) is 4.68. The van der Waals surface area contributed by atoms with E-state index in [9.17, 15) is 0 Å². The van der Waals surface area contributed by atoms with Crippen LogP contribution in [0.25, 0.3) is 0 Å². The quantitative estimate of drug-likeness (QED) is 0.838. The zero-order chi connectivity index (χ0) is 13.1. The van der Waals surface area contributed by atoms with E-state index in [1.807, 2.05) is 0 Å². The number of hydrogen-bond donors (Lipinski definition) is 2. The zero-order valence-corrected chi connectivity index (χ0v) is 11.0. The number of aromatic nitrogens is 2. The van der Waals surface area contributed by atoms with Gasteiger partial charge >= 0.3 is 0 Å². The highest BCUT2D eigenvalue weighted by molar-refractivity contribution is 5.49. The maximum atomic E-state index is 8.94. The van der Waals surface area contributed by atoms with Crippen molar-refractivity contribution in [1.82, 2.24) is 9.97 Å². The second-order valence-corrected chi connectivity index (χ2v) is 5.53. The molecule has 0 saturated carbocycles. The molecule has 0 atom stereocenters. The summed E-state index contributed by atoms with van der Waals surface area (Å²) in [7, 11) is 0. The fourth-order valence-corrected chi connectivity index (χ4v) is 1.23. The summed E-state index contributed by atoms with van der Waals surface area (Å²) in [6.45, 7) is 9.77. The Bertz CT molecular complexity index is 425. The van der Waals surface area contributed by atoms with Gasteiger partial charge in [0.15, 0.2) is 0 Å². The van der Waals surface area contributed by atoms with E-state index in [0.29, 0.717) is 5.82 Å². The van der Waals surface area contributed by atoms with Crippen molar-refractivity contribution >= 4 is 11.6 Å². The van der Waals surface area contributed by atoms with E-state index in [4.69, 9.17) is 5.26 Å². The standard InChI is InChI=1S/C12H19N5/c1-11(2,3)16-9-6-10(15-8-14-9)17-12(4,5)7-13/h6,8H,1-5H3,(H2,14,15,16,17). The Labute approximate surface area is 102 Å². The molecule has 1 aromatic rings. The number of nitrogens with one attached hydrogen (secondary N) is 2. The van der Waals surface area contributed by atoms with E-state index < -0.39 is 5.54 Å². The fourth-order valence-electron chi connectivity index (χ4n) is 1.23. The lowest BCUT2D eigenvalue weighted by atomic mass is 10.1. The first-order valence-electron chi connectivity index (χ1n) is 5.51. The lowest BCUT2D eigenvalue weighted by molar-refractivity contribution is 0.630. The van der Waals surface area contributed by atoms with Gasteiger partial charge in [0.05, 0.1) is 6.07 Å². The molecule has 0 bridgehead atoms. The van der Waals surface area contributed by atoms with Gasteiger partial charge in [0.25, 0.3) is 0 Å². The van der Waals surface area contributed by atoms with Gasteiger partial charge in [-0.15, -0.1) is 0 Å². The molecule has 0 saturated heterocycles. The average Bonchev–Trinajstić information content (AvgIpc) is 2.14. The predicted octanol–water partition coefficient (Wildman–Crippen LogP) is 2.40. The van der Waals surface area contributed by atoms with Gasteiger partial charge in [0, 0.05) is 11.6 Å². The summed E-state index contributed by atoms with van der Waals surface area (Å²) in [6.07, 6.45) is 1.48. The van der Waals surface area contributed by atoms with Crippen LogP contribution < -0.4 is 10.6 Å². The maximum Gasteiger partial charge on any atom is 0.132 e. The van der Waals surface area contributed by atoms with Crippen LogP contribution in [0.1, 0.15) is 34.6 Å². The van der Waals surface area contributed by atoms with Gasteiger partial charge in [-0.1, -0.05) is 0 Å². The minimum Gasteiger partial charge on any atom is -0.365 e. The van der Waals surface area contributed by atoms with Gasteiger partial charge in [0.1, 0.15) is 23.5 Å². The molecule has 0 aliphatic rings. The molecule has 1 rings (SSSR count). The molecule has 5 heteroatoms. The largest absolute Gasteiger partial charge is 0.365 e. The van der Waals surface area contributed by atoms with Crippen molar-refractivity contribution in [3.63, 3.8) is 0 Å². The first-order chi connectivity index (χ1) is 7.72. The molecule has 1 aromatic heterocycles. The molecule has 0 aromatic carbocycles. The highest BCUT2D eigenvalue weighted by Crippen LogP contribution is 2.17. The third-order valence-corrected chi connectivity index (χ3v) is 1.89. The topological polar surface area (TPSA) is 73.6 Å². The first kappa shape index (κ1) is 13.2. The van der Waals surface area contributed by atoms with E-state index in [-0.39, 0.29) is 5.54 Å². The molecule has 0 spiro atoms. The van der Waals surface area contributed by atoms with E-state index in [1.165, 1.54) is 6.33 Å². The molecule has 0 aliphatic carbocycles. The van der Waals surface area contributed by atoms with Gasteiger partial charge in [0.2, 0.25) is 0 Å². The summed E-state index contributed by atoms with van der Waals surface area (Å²) in [5.41, 5.74) is -0.705. The lowest BCUT2D eigenvalue weighted by Crippen LogP contribution is -2.30. The average molecular weight is 233 g/mol. The number of anilines is 2. The summed E-state index contributed by atoms with van der Waals surface area (Å²) < 4.78 is 0. The van der Waals surface area contributed by atoms with Crippen LogP contribution in [0.15, 0.2) is 12.4 Å². The highest BCUT2D eigenvalue weighted by atomic mass is 15.1. The van der Waals surface area contributed by atoms with E-state index >= 15 is 0 Å². The minimum absolute atomic E-state index is 0.0592. The number of nitrogens with zero attached hydrogens (tertiary/aromatic N) is 3. The van der Waals surface area contributed by atoms with Gasteiger partial charge in [-0.05, 0) is 34.6 Å². The SMILES string of the molecule is CC(C)(C)Nc1cc(NC(C)(C)C#N)ncn1. The second kappa shape index (κ2) is 4.58. The molecule has 0 unspecified atom stereocenters. The molecule has 2 N–H and O–H groups in total. The van der Waals surface area contributed by atoms with Crippen LogP contribution in [-0.4, -0.2) is 21.0 Å². The molecular weight excluding hydrogens is 214 g/mol. The van der Waals surface area contributed by atoms with Crippen molar-refractivity contribution in [3.05, 3.63) is 12.4 Å². The zero-order valence-electron chi connectivity index (χ0n) is 11.0. The molecule has 0 fully saturated rings. The third-order valence-electron chi connectivity index (χ3n) is 1.89. The highest BCUT2D eigenvalue weighted by Gasteiger charge is 2.17. The monoisotopic (exact) mass is 233 g/mol. The predicted molar refractivity (Wildman–Crippen MR) is 68.7 cm³/mol. The van der Waals surface area contributed by atoms with Gasteiger partial charge in [-0.25, -0.2) is 9.97 Å². The van der Waals surface area contributed by atoms with Crippen molar-refractivity contribution < 1.29 is 0 Å². The Kier molecular flexibility index (Phi) is 3.56. The normalized spacial score (nSPS) is 11.8. The molecule has 0 radical (unpaired) electrons. The first-order valence-corrected chi connectivity index (χ1v) is 5.51. The Morgan fingerprint density at radius 3 is 2.06 bits per heavy atom. The van der Waals surface area contributed by atoms with E-state index in [1.54, 1.807) is 19.9 Å². The molecule has 1 heterocycles. The van der Waals surface area contributed by atoms with Gasteiger partial charge < -0.3 is 10.6 Å². The van der Waals surface area contributed by atoms with Crippen molar-refractivity contribution in [2.75, 3.05) is 10.6 Å². The Morgan fingerprint density at radius 1 is 1.06 bits per heavy atom. The minimum atomic E-state index is -0.645. The summed E-state index contributed by atoms with van der Waals surface area (Å²) >= 11 is 0. The summed E-state index contributed by atoms with van der Waals surface area (Å²) in [6, 6.07) is 3.96. The summed E-state index contributed by atoms with van der Waals surface area (Å²) in [4.78, 5) is 8.22. The molecule has 92 valence electrons. The van der Waals surface area contributed by atoms with Gasteiger partial charge in [-0.2, -0.15) is 5.26 Å². The van der Waals surface area contributed by atoms with Crippen molar-refractivity contribution in [1.29, 1.82) is 5.26 Å². The molecule has 0 aliphatic heterocycles. The Balaban J connectivity index is 2.84. The van der Waals surface area contributed by atoms with Crippen molar-refractivity contribution in [3.8, 4) is 6.07 Å². The molecule has 5 nitrogen and oxygen atoms in total. The van der Waals surface area contributed by atoms with E-state index in [0.717, 1.165) is 5.82 Å². The van der Waals surface area contributed by atoms with Crippen LogP contribution in [0.3, 0.4) is 0 Å². The van der Waals surface area contributed by atoms with Crippen molar-refractivity contribution in [2.45, 2.75) is 45.7 Å². The van der Waals surface area contributed by atoms with Crippen LogP contribution in [0.2, 0.25) is 0 Å². The fraction of sp³-hybridized carbons (Fsp3) is 0.583. The van der Waals surface area contributed by atoms with E-state index in [2.05, 4.69) is 47.4 Å². The van der Waals surface area contributed by atoms with Crippen LogP contribution in [0.5, 0.6) is 0 Å². The smallest absolute Gasteiger partial charge is 0.132 e. The van der Waals surface area contributed by atoms with Crippen LogP contribution >= 0.6 is 0 Å². The molecule has 0 amide bonds. The van der Waals surface area contributed by atoms with Gasteiger partial charge in [-0.3, -0.25) is 0 Å². The second-order valence-electron chi connectivity index (χ2n) is 5.53. The Hall–Kier alpha value is -1.83. The summed E-state index contributed by atoms with van der Waals surface area (Å²) in [5.74, 6) is 1.38. The van der Waals surface area contributed by atoms with Crippen LogP contribution in [0, 0.1) is 11.3 Å². The number of rotatable bonds is 3. The Morgan fingerprint density at radius 2 is 1.59 bits per heavy atom. The van der Waals surface area contributed by atoms with Crippen molar-refractivity contribution in [2.24, 2.45) is 0 Å². The molecular formula is C12H19N5. The maximum absolute atomic E-state index is 8.94. The number of hydrogen-bond acceptors (Lipinski definition) is 5. The summed E-state index contributed by atoms with van der Waals surface area (Å²) in [5, 5.41) is 15.2. The number of nitriles is 1. The van der Waals surface area contributed by atoms with Crippen LogP contribution in [0.4, 0.5) is 11.6 Å². The lowest BCUT2D eigenvalue weighted by Gasteiger charge is -2.22. The van der Waals surface area contributed by atoms with Crippen LogP contribution in [-0.2, 0) is 0 Å².